The molecule has 0 atom stereocenters. The molecule has 0 aliphatic rings. The summed E-state index contributed by atoms with van der Waals surface area (Å²) >= 11 is 0. The maximum absolute atomic E-state index is 12.6. The summed E-state index contributed by atoms with van der Waals surface area (Å²) < 4.78 is 39.5. The van der Waals surface area contributed by atoms with Gasteiger partial charge in [-0.15, -0.1) is 0 Å². The largest absolute Gasteiger partial charge is 0.493 e. The predicted octanol–water partition coefficient (Wildman–Crippen LogP) is 3.64. The molecule has 27 heavy (non-hydrogen) atoms. The predicted molar refractivity (Wildman–Crippen MR) is 93.1 cm³/mol. The third kappa shape index (κ3) is 4.93. The maximum Gasteiger partial charge on any atom is 0.387 e. The Morgan fingerprint density at radius 2 is 1.85 bits per heavy atom. The van der Waals surface area contributed by atoms with E-state index in [0.717, 1.165) is 0 Å². The van der Waals surface area contributed by atoms with Gasteiger partial charge in [-0.05, 0) is 32.0 Å². The molecule has 0 radical (unpaired) electrons. The Morgan fingerprint density at radius 3 is 2.37 bits per heavy atom. The Hall–Kier alpha value is -2.71. The normalized spacial score (nSPS) is 12.2. The molecule has 2 aromatic rings. The van der Waals surface area contributed by atoms with Gasteiger partial charge in [-0.3, -0.25) is 4.79 Å². The molecule has 0 fully saturated rings. The second kappa shape index (κ2) is 7.50. The quantitative estimate of drug-likeness (QED) is 0.820. The Bertz CT molecular complexity index is 813. The molecule has 0 saturated carbocycles. The Balaban J connectivity index is 2.21. The Labute approximate surface area is 156 Å². The highest BCUT2D eigenvalue weighted by Gasteiger charge is 2.32. The third-order valence-corrected chi connectivity index (χ3v) is 3.69. The fourth-order valence-electron chi connectivity index (χ4n) is 2.20. The van der Waals surface area contributed by atoms with Gasteiger partial charge in [0.25, 0.3) is 5.91 Å². The van der Waals surface area contributed by atoms with Gasteiger partial charge in [-0.1, -0.05) is 25.9 Å². The monoisotopic (exact) mass is 383 g/mol. The van der Waals surface area contributed by atoms with Crippen molar-refractivity contribution < 1.29 is 27.6 Å². The zero-order valence-electron chi connectivity index (χ0n) is 16.1. The first kappa shape index (κ1) is 20.6. The van der Waals surface area contributed by atoms with Crippen molar-refractivity contribution in [3.05, 3.63) is 35.5 Å². The van der Waals surface area contributed by atoms with E-state index in [4.69, 9.17) is 9.26 Å². The molecule has 1 aromatic carbocycles. The van der Waals surface area contributed by atoms with Crippen molar-refractivity contribution in [2.75, 3.05) is 7.11 Å². The summed E-state index contributed by atoms with van der Waals surface area (Å²) in [6.07, 6.45) is 0. The summed E-state index contributed by atoms with van der Waals surface area (Å²) in [6, 6.07) is 3.93. The van der Waals surface area contributed by atoms with E-state index in [1.54, 1.807) is 13.8 Å². The topological polar surface area (TPSA) is 86.5 Å². The van der Waals surface area contributed by atoms with E-state index in [9.17, 15) is 13.6 Å². The lowest BCUT2D eigenvalue weighted by Crippen LogP contribution is -2.42. The lowest BCUT2D eigenvalue weighted by Gasteiger charge is -2.23. The van der Waals surface area contributed by atoms with Gasteiger partial charge < -0.3 is 19.3 Å². The molecule has 0 bridgehead atoms. The van der Waals surface area contributed by atoms with Crippen LogP contribution in [0.1, 0.15) is 56.7 Å². The summed E-state index contributed by atoms with van der Waals surface area (Å²) in [6.45, 7) is 6.27. The van der Waals surface area contributed by atoms with Gasteiger partial charge in [0.15, 0.2) is 17.3 Å². The smallest absolute Gasteiger partial charge is 0.387 e. The summed E-state index contributed by atoms with van der Waals surface area (Å²) in [5, 5.41) is 6.75. The highest BCUT2D eigenvalue weighted by molar-refractivity contribution is 5.95. The molecule has 1 amide bonds. The van der Waals surface area contributed by atoms with Crippen LogP contribution in [0.2, 0.25) is 0 Å². The molecule has 2 rings (SSSR count). The van der Waals surface area contributed by atoms with Gasteiger partial charge in [0.2, 0.25) is 5.89 Å². The third-order valence-electron chi connectivity index (χ3n) is 3.69. The van der Waals surface area contributed by atoms with Crippen molar-refractivity contribution in [1.29, 1.82) is 0 Å². The average Bonchev–Trinajstić information content (AvgIpc) is 3.05. The number of hydrogen-bond donors (Lipinski definition) is 1. The van der Waals surface area contributed by atoms with Crippen molar-refractivity contribution in [3.8, 4) is 11.5 Å². The molecule has 148 valence electrons. The van der Waals surface area contributed by atoms with E-state index in [2.05, 4.69) is 20.2 Å². The van der Waals surface area contributed by atoms with Gasteiger partial charge in [-0.25, -0.2) is 0 Å². The number of rotatable bonds is 6. The van der Waals surface area contributed by atoms with Gasteiger partial charge >= 0.3 is 6.61 Å². The minimum Gasteiger partial charge on any atom is -0.493 e. The first-order valence-electron chi connectivity index (χ1n) is 8.24. The number of nitrogens with one attached hydrogen (secondary N) is 1. The number of nitrogens with zero attached hydrogens (tertiary/aromatic N) is 2. The van der Waals surface area contributed by atoms with Crippen LogP contribution in [0.25, 0.3) is 0 Å². The van der Waals surface area contributed by atoms with Crippen molar-refractivity contribution in [2.45, 2.75) is 52.2 Å². The summed E-state index contributed by atoms with van der Waals surface area (Å²) in [4.78, 5) is 17.0. The molecule has 0 saturated heterocycles. The lowest BCUT2D eigenvalue weighted by atomic mass is 9.96. The van der Waals surface area contributed by atoms with Crippen LogP contribution in [-0.2, 0) is 11.0 Å². The zero-order chi connectivity index (χ0) is 20.4. The highest BCUT2D eigenvalue weighted by Crippen LogP contribution is 2.30. The number of benzene rings is 1. The van der Waals surface area contributed by atoms with Gasteiger partial charge in [0.05, 0.1) is 12.6 Å². The standard InChI is InChI=1S/C18H23F2N3O4/c1-17(2,3)15-21-14(23-27-15)18(4,5)22-13(24)10-7-8-11(26-16(19)20)12(9-10)25-6/h7-9,16H,1-6H3,(H,22,24). The minimum absolute atomic E-state index is 0.0235. The molecule has 0 spiro atoms. The van der Waals surface area contributed by atoms with Crippen molar-refractivity contribution in [1.82, 2.24) is 15.5 Å². The van der Waals surface area contributed by atoms with Crippen LogP contribution in [-0.4, -0.2) is 29.8 Å². The number of aromatic nitrogens is 2. The van der Waals surface area contributed by atoms with Crippen LogP contribution in [0, 0.1) is 0 Å². The minimum atomic E-state index is -2.99. The molecule has 7 nitrogen and oxygen atoms in total. The number of hydrogen-bond acceptors (Lipinski definition) is 6. The van der Waals surface area contributed by atoms with Gasteiger partial charge in [0.1, 0.15) is 0 Å². The molecule has 0 aliphatic heterocycles. The van der Waals surface area contributed by atoms with E-state index in [1.807, 2.05) is 20.8 Å². The van der Waals surface area contributed by atoms with Crippen molar-refractivity contribution in [2.24, 2.45) is 0 Å². The number of ether oxygens (including phenoxy) is 2. The summed E-state index contributed by atoms with van der Waals surface area (Å²) in [5.74, 6) is 0.191. The second-order valence-corrected chi connectivity index (χ2v) is 7.50. The van der Waals surface area contributed by atoms with Gasteiger partial charge in [-0.2, -0.15) is 13.8 Å². The fraction of sp³-hybridized carbons (Fsp3) is 0.500. The average molecular weight is 383 g/mol. The van der Waals surface area contributed by atoms with Crippen LogP contribution < -0.4 is 14.8 Å². The molecule has 9 heteroatoms. The lowest BCUT2D eigenvalue weighted by molar-refractivity contribution is -0.0512. The summed E-state index contributed by atoms with van der Waals surface area (Å²) in [5.41, 5.74) is -1.03. The van der Waals surface area contributed by atoms with Crippen LogP contribution in [0.15, 0.2) is 22.7 Å². The number of carbonyl (C=O) groups excluding carboxylic acids is 1. The van der Waals surface area contributed by atoms with E-state index >= 15 is 0 Å². The van der Waals surface area contributed by atoms with Crippen molar-refractivity contribution in [3.63, 3.8) is 0 Å². The second-order valence-electron chi connectivity index (χ2n) is 7.50. The van der Waals surface area contributed by atoms with Gasteiger partial charge in [0, 0.05) is 11.0 Å². The molecule has 1 heterocycles. The number of methoxy groups -OCH3 is 1. The number of amides is 1. The van der Waals surface area contributed by atoms with E-state index in [1.165, 1.54) is 25.3 Å². The summed E-state index contributed by atoms with van der Waals surface area (Å²) in [7, 11) is 1.30. The number of halogens is 2. The SMILES string of the molecule is COc1cc(C(=O)NC(C)(C)c2noc(C(C)(C)C)n2)ccc1OC(F)F. The first-order valence-corrected chi connectivity index (χ1v) is 8.24. The first-order chi connectivity index (χ1) is 12.4. The van der Waals surface area contributed by atoms with Crippen LogP contribution in [0.4, 0.5) is 8.78 Å². The van der Waals surface area contributed by atoms with Crippen molar-refractivity contribution >= 4 is 5.91 Å². The van der Waals surface area contributed by atoms with E-state index in [0.29, 0.717) is 11.7 Å². The van der Waals surface area contributed by atoms with Crippen LogP contribution in [0.5, 0.6) is 11.5 Å². The number of carbonyl (C=O) groups is 1. The maximum atomic E-state index is 12.6. The molecule has 0 aliphatic carbocycles. The molecule has 0 unspecified atom stereocenters. The van der Waals surface area contributed by atoms with Crippen LogP contribution in [0.3, 0.4) is 0 Å². The zero-order valence-corrected chi connectivity index (χ0v) is 16.1. The molecular formula is C18H23F2N3O4. The molecular weight excluding hydrogens is 360 g/mol. The van der Waals surface area contributed by atoms with Crippen LogP contribution >= 0.6 is 0 Å². The Morgan fingerprint density at radius 1 is 1.19 bits per heavy atom. The number of alkyl halides is 2. The van der Waals surface area contributed by atoms with E-state index in [-0.39, 0.29) is 22.5 Å². The van der Waals surface area contributed by atoms with E-state index < -0.39 is 18.1 Å². The fourth-order valence-corrected chi connectivity index (χ4v) is 2.20. The highest BCUT2D eigenvalue weighted by atomic mass is 19.3. The Kier molecular flexibility index (Phi) is 5.72. The molecule has 1 aromatic heterocycles. The molecule has 1 N–H and O–H groups in total.